The van der Waals surface area contributed by atoms with Crippen molar-refractivity contribution in [1.29, 1.82) is 0 Å². The number of carbonyl (C=O) groups is 1. The quantitative estimate of drug-likeness (QED) is 0.697. The Labute approximate surface area is 169 Å². The molecule has 0 spiro atoms. The van der Waals surface area contributed by atoms with E-state index in [-0.39, 0.29) is 17.0 Å². The van der Waals surface area contributed by atoms with Crippen molar-refractivity contribution in [3.63, 3.8) is 0 Å². The SMILES string of the molecule is CC1(C)[C@@H]2CC[C@@]1(CS(=O)(=O)N1CCN(c3ccc(Br)cn3)CC1)C(=O)C2. The zero-order valence-corrected chi connectivity index (χ0v) is 18.2. The fourth-order valence-corrected chi connectivity index (χ4v) is 7.70. The Balaban J connectivity index is 1.46. The molecule has 3 aliphatic rings. The molecule has 0 N–H and O–H groups in total. The fraction of sp³-hybridized carbons (Fsp3) is 0.684. The number of anilines is 1. The molecule has 0 amide bonds. The standard InChI is InChI=1S/C19H26BrN3O3S/c1-18(2)14-5-6-19(18,16(24)11-14)13-27(25,26)23-9-7-22(8-10-23)17-4-3-15(20)12-21-17/h3-4,12,14H,5-11,13H2,1-2H3/t14-,19-/m1/s1. The molecule has 2 aliphatic carbocycles. The van der Waals surface area contributed by atoms with E-state index in [1.807, 2.05) is 12.1 Å². The van der Waals surface area contributed by atoms with Crippen LogP contribution in [0.1, 0.15) is 33.1 Å². The van der Waals surface area contributed by atoms with Crippen molar-refractivity contribution in [3.8, 4) is 0 Å². The summed E-state index contributed by atoms with van der Waals surface area (Å²) in [6, 6.07) is 3.88. The van der Waals surface area contributed by atoms with Crippen LogP contribution in [0.25, 0.3) is 0 Å². The van der Waals surface area contributed by atoms with Crippen LogP contribution in [0.4, 0.5) is 5.82 Å². The van der Waals surface area contributed by atoms with Gasteiger partial charge in [0.25, 0.3) is 0 Å². The fourth-order valence-electron chi connectivity index (χ4n) is 5.26. The third-order valence-electron chi connectivity index (χ3n) is 7.24. The van der Waals surface area contributed by atoms with Crippen LogP contribution in [0.2, 0.25) is 0 Å². The van der Waals surface area contributed by atoms with Crippen LogP contribution in [-0.4, -0.2) is 55.4 Å². The Bertz CT molecular complexity index is 847. The average molecular weight is 456 g/mol. The summed E-state index contributed by atoms with van der Waals surface area (Å²) in [4.78, 5) is 19.2. The van der Waals surface area contributed by atoms with Gasteiger partial charge in [0.15, 0.2) is 0 Å². The number of hydrogen-bond donors (Lipinski definition) is 0. The van der Waals surface area contributed by atoms with E-state index in [9.17, 15) is 13.2 Å². The summed E-state index contributed by atoms with van der Waals surface area (Å²) in [7, 11) is -3.47. The van der Waals surface area contributed by atoms with Gasteiger partial charge >= 0.3 is 0 Å². The maximum Gasteiger partial charge on any atom is 0.215 e. The van der Waals surface area contributed by atoms with Crippen LogP contribution in [0.15, 0.2) is 22.8 Å². The van der Waals surface area contributed by atoms with Gasteiger partial charge in [-0.25, -0.2) is 13.4 Å². The van der Waals surface area contributed by atoms with Crippen LogP contribution in [0, 0.1) is 16.7 Å². The zero-order valence-electron chi connectivity index (χ0n) is 15.8. The minimum atomic E-state index is -3.47. The predicted octanol–water partition coefficient (Wildman–Crippen LogP) is 2.69. The van der Waals surface area contributed by atoms with Crippen LogP contribution in [0.5, 0.6) is 0 Å². The molecule has 1 aromatic rings. The molecular weight excluding hydrogens is 430 g/mol. The molecule has 2 heterocycles. The van der Waals surface area contributed by atoms with E-state index >= 15 is 0 Å². The van der Waals surface area contributed by atoms with Gasteiger partial charge in [0.1, 0.15) is 11.6 Å². The van der Waals surface area contributed by atoms with E-state index < -0.39 is 15.4 Å². The Morgan fingerprint density at radius 1 is 1.22 bits per heavy atom. The Hall–Kier alpha value is -0.990. The third kappa shape index (κ3) is 3.04. The molecular formula is C19H26BrN3O3S. The molecule has 2 atom stereocenters. The summed E-state index contributed by atoms with van der Waals surface area (Å²) < 4.78 is 28.9. The molecule has 1 aliphatic heterocycles. The van der Waals surface area contributed by atoms with E-state index in [0.29, 0.717) is 44.9 Å². The molecule has 1 saturated heterocycles. The Morgan fingerprint density at radius 3 is 2.44 bits per heavy atom. The van der Waals surface area contributed by atoms with Crippen LogP contribution >= 0.6 is 15.9 Å². The topological polar surface area (TPSA) is 70.6 Å². The second-order valence-electron chi connectivity index (χ2n) is 8.64. The molecule has 2 saturated carbocycles. The van der Waals surface area contributed by atoms with Crippen molar-refractivity contribution in [2.24, 2.45) is 16.7 Å². The van der Waals surface area contributed by atoms with Crippen LogP contribution in [0.3, 0.4) is 0 Å². The molecule has 1 aromatic heterocycles. The highest BCUT2D eigenvalue weighted by Crippen LogP contribution is 2.64. The molecule has 0 aromatic carbocycles. The predicted molar refractivity (Wildman–Crippen MR) is 108 cm³/mol. The highest BCUT2D eigenvalue weighted by molar-refractivity contribution is 9.10. The number of Topliss-reactive ketones (excluding diaryl/α,β-unsaturated/α-hetero) is 1. The van der Waals surface area contributed by atoms with Gasteiger partial charge in [-0.05, 0) is 52.2 Å². The largest absolute Gasteiger partial charge is 0.354 e. The highest BCUT2D eigenvalue weighted by Gasteiger charge is 2.65. The van der Waals surface area contributed by atoms with Gasteiger partial charge in [-0.2, -0.15) is 4.31 Å². The van der Waals surface area contributed by atoms with Crippen molar-refractivity contribution < 1.29 is 13.2 Å². The first kappa shape index (κ1) is 19.3. The number of fused-ring (bicyclic) bond motifs is 2. The first-order valence-corrected chi connectivity index (χ1v) is 11.9. The van der Waals surface area contributed by atoms with Gasteiger partial charge in [-0.15, -0.1) is 0 Å². The molecule has 6 nitrogen and oxygen atoms in total. The minimum absolute atomic E-state index is 0.0289. The summed E-state index contributed by atoms with van der Waals surface area (Å²) in [6.07, 6.45) is 3.98. The van der Waals surface area contributed by atoms with Crippen molar-refractivity contribution in [2.75, 3.05) is 36.8 Å². The lowest BCUT2D eigenvalue weighted by Crippen LogP contribution is -2.53. The third-order valence-corrected chi connectivity index (χ3v) is 9.71. The molecule has 4 rings (SSSR count). The van der Waals surface area contributed by atoms with Crippen LogP contribution < -0.4 is 4.90 Å². The number of sulfonamides is 1. The normalized spacial score (nSPS) is 30.9. The number of piperazine rings is 1. The van der Waals surface area contributed by atoms with E-state index in [1.54, 1.807) is 10.5 Å². The number of ketones is 1. The maximum atomic E-state index is 13.2. The Kier molecular flexibility index (Phi) is 4.67. The summed E-state index contributed by atoms with van der Waals surface area (Å²) >= 11 is 3.38. The minimum Gasteiger partial charge on any atom is -0.354 e. The number of carbonyl (C=O) groups excluding carboxylic acids is 1. The number of halogens is 1. The molecule has 27 heavy (non-hydrogen) atoms. The molecule has 0 radical (unpaired) electrons. The number of aromatic nitrogens is 1. The van der Waals surface area contributed by atoms with E-state index in [4.69, 9.17) is 0 Å². The summed E-state index contributed by atoms with van der Waals surface area (Å²) in [5.41, 5.74) is -0.915. The zero-order chi connectivity index (χ0) is 19.4. The van der Waals surface area contributed by atoms with E-state index in [2.05, 4.69) is 39.7 Å². The first-order valence-electron chi connectivity index (χ1n) is 9.53. The monoisotopic (exact) mass is 455 g/mol. The summed E-state index contributed by atoms with van der Waals surface area (Å²) in [5.74, 6) is 1.32. The molecule has 0 unspecified atom stereocenters. The van der Waals surface area contributed by atoms with E-state index in [0.717, 1.165) is 16.7 Å². The number of rotatable bonds is 4. The average Bonchev–Trinajstić information content (AvgIpc) is 2.96. The van der Waals surface area contributed by atoms with Gasteiger partial charge in [-0.3, -0.25) is 4.79 Å². The lowest BCUT2D eigenvalue weighted by Gasteiger charge is -2.40. The molecule has 148 valence electrons. The Morgan fingerprint density at radius 2 is 1.93 bits per heavy atom. The molecule has 8 heteroatoms. The van der Waals surface area contributed by atoms with Gasteiger partial charge in [-0.1, -0.05) is 13.8 Å². The maximum absolute atomic E-state index is 13.2. The van der Waals surface area contributed by atoms with Crippen molar-refractivity contribution in [3.05, 3.63) is 22.8 Å². The highest BCUT2D eigenvalue weighted by atomic mass is 79.9. The lowest BCUT2D eigenvalue weighted by molar-refractivity contribution is -0.128. The van der Waals surface area contributed by atoms with Gasteiger partial charge in [0.2, 0.25) is 10.0 Å². The second-order valence-corrected chi connectivity index (χ2v) is 11.5. The molecule has 3 fully saturated rings. The summed E-state index contributed by atoms with van der Waals surface area (Å²) in [5, 5.41) is 0. The number of nitrogens with zero attached hydrogens (tertiary/aromatic N) is 3. The summed E-state index contributed by atoms with van der Waals surface area (Å²) in [6.45, 7) is 6.27. The van der Waals surface area contributed by atoms with Gasteiger partial charge in [0, 0.05) is 48.7 Å². The van der Waals surface area contributed by atoms with Crippen molar-refractivity contribution >= 4 is 37.6 Å². The van der Waals surface area contributed by atoms with Gasteiger partial charge < -0.3 is 4.90 Å². The number of pyridine rings is 1. The second kappa shape index (κ2) is 6.52. The van der Waals surface area contributed by atoms with Crippen molar-refractivity contribution in [2.45, 2.75) is 33.1 Å². The van der Waals surface area contributed by atoms with E-state index in [1.165, 1.54) is 0 Å². The van der Waals surface area contributed by atoms with Crippen molar-refractivity contribution in [1.82, 2.24) is 9.29 Å². The number of hydrogen-bond acceptors (Lipinski definition) is 5. The molecule has 2 bridgehead atoms. The first-order chi connectivity index (χ1) is 12.7. The van der Waals surface area contributed by atoms with Crippen LogP contribution in [-0.2, 0) is 14.8 Å². The van der Waals surface area contributed by atoms with Gasteiger partial charge in [0.05, 0.1) is 5.75 Å². The smallest absolute Gasteiger partial charge is 0.215 e. The lowest BCUT2D eigenvalue weighted by atomic mass is 9.70.